The van der Waals surface area contributed by atoms with Crippen LogP contribution in [0.1, 0.15) is 29.2 Å². The highest BCUT2D eigenvalue weighted by atomic mass is 35.5. The van der Waals surface area contributed by atoms with E-state index < -0.39 is 0 Å². The summed E-state index contributed by atoms with van der Waals surface area (Å²) in [6, 6.07) is 11.8. The maximum atomic E-state index is 5.94. The molecule has 0 fully saturated rings. The standard InChI is InChI=1S/C18H16ClNO3/c1-21-17-9-13(8-12-6-7-22-18(12)17)15-10-16(23-20-15)11-2-4-14(19)5-3-11/h2-5,8-9,16H,6-7,10H2,1H3. The van der Waals surface area contributed by atoms with Crippen molar-refractivity contribution in [3.8, 4) is 11.5 Å². The number of ether oxygens (including phenoxy) is 2. The summed E-state index contributed by atoms with van der Waals surface area (Å²) in [4.78, 5) is 5.61. The maximum Gasteiger partial charge on any atom is 0.164 e. The molecule has 2 aromatic carbocycles. The molecule has 0 amide bonds. The predicted octanol–water partition coefficient (Wildman–Crippen LogP) is 4.15. The summed E-state index contributed by atoms with van der Waals surface area (Å²) < 4.78 is 11.1. The van der Waals surface area contributed by atoms with E-state index in [1.54, 1.807) is 7.11 Å². The molecule has 2 heterocycles. The first kappa shape index (κ1) is 14.4. The molecule has 4 nitrogen and oxygen atoms in total. The van der Waals surface area contributed by atoms with Gasteiger partial charge in [-0.05, 0) is 29.8 Å². The topological polar surface area (TPSA) is 40.0 Å². The Morgan fingerprint density at radius 3 is 2.83 bits per heavy atom. The van der Waals surface area contributed by atoms with Gasteiger partial charge in [0, 0.05) is 29.0 Å². The summed E-state index contributed by atoms with van der Waals surface area (Å²) >= 11 is 5.94. The third-order valence-electron chi connectivity index (χ3n) is 4.21. The average molecular weight is 330 g/mol. The Morgan fingerprint density at radius 2 is 2.04 bits per heavy atom. The van der Waals surface area contributed by atoms with Crippen molar-refractivity contribution in [3.63, 3.8) is 0 Å². The SMILES string of the molecule is COc1cc(C2=NOC(c3ccc(Cl)cc3)C2)cc2c1OCC2. The zero-order chi connectivity index (χ0) is 15.8. The molecule has 0 aliphatic carbocycles. The second-order valence-corrected chi connectivity index (χ2v) is 6.09. The van der Waals surface area contributed by atoms with Crippen LogP contribution in [0.3, 0.4) is 0 Å². The number of fused-ring (bicyclic) bond motifs is 1. The van der Waals surface area contributed by atoms with Crippen molar-refractivity contribution in [2.75, 3.05) is 13.7 Å². The van der Waals surface area contributed by atoms with Gasteiger partial charge in [0.25, 0.3) is 0 Å². The van der Waals surface area contributed by atoms with Gasteiger partial charge in [-0.25, -0.2) is 0 Å². The van der Waals surface area contributed by atoms with Crippen molar-refractivity contribution < 1.29 is 14.3 Å². The zero-order valence-electron chi connectivity index (χ0n) is 12.7. The number of hydrogen-bond acceptors (Lipinski definition) is 4. The van der Waals surface area contributed by atoms with Gasteiger partial charge in [0.1, 0.15) is 0 Å². The molecule has 23 heavy (non-hydrogen) atoms. The van der Waals surface area contributed by atoms with Gasteiger partial charge in [-0.2, -0.15) is 0 Å². The van der Waals surface area contributed by atoms with Crippen LogP contribution in [0, 0.1) is 0 Å². The molecular formula is C18H16ClNO3. The van der Waals surface area contributed by atoms with Gasteiger partial charge in [-0.1, -0.05) is 28.9 Å². The molecule has 0 aromatic heterocycles. The Kier molecular flexibility index (Phi) is 3.62. The van der Waals surface area contributed by atoms with Crippen molar-refractivity contribution in [2.24, 2.45) is 5.16 Å². The Balaban J connectivity index is 1.59. The fraction of sp³-hybridized carbons (Fsp3) is 0.278. The van der Waals surface area contributed by atoms with Crippen molar-refractivity contribution in [2.45, 2.75) is 18.9 Å². The van der Waals surface area contributed by atoms with Crippen LogP contribution in [0.5, 0.6) is 11.5 Å². The lowest BCUT2D eigenvalue weighted by molar-refractivity contribution is 0.0857. The number of nitrogens with zero attached hydrogens (tertiary/aromatic N) is 1. The van der Waals surface area contributed by atoms with E-state index >= 15 is 0 Å². The van der Waals surface area contributed by atoms with Gasteiger partial charge in [0.05, 0.1) is 19.4 Å². The number of oxime groups is 1. The molecule has 1 atom stereocenters. The third-order valence-corrected chi connectivity index (χ3v) is 4.47. The number of methoxy groups -OCH3 is 1. The Bertz CT molecular complexity index is 771. The molecule has 2 aliphatic heterocycles. The molecule has 2 aliphatic rings. The largest absolute Gasteiger partial charge is 0.493 e. The summed E-state index contributed by atoms with van der Waals surface area (Å²) in [7, 11) is 1.66. The summed E-state index contributed by atoms with van der Waals surface area (Å²) in [6.45, 7) is 0.700. The Labute approximate surface area is 139 Å². The van der Waals surface area contributed by atoms with Crippen molar-refractivity contribution >= 4 is 17.3 Å². The van der Waals surface area contributed by atoms with Crippen molar-refractivity contribution in [1.29, 1.82) is 0 Å². The molecule has 0 saturated heterocycles. The molecule has 2 aromatic rings. The van der Waals surface area contributed by atoms with Crippen LogP contribution < -0.4 is 9.47 Å². The molecular weight excluding hydrogens is 314 g/mol. The first-order valence-corrected chi connectivity index (χ1v) is 7.94. The van der Waals surface area contributed by atoms with E-state index in [2.05, 4.69) is 11.2 Å². The molecule has 0 spiro atoms. The molecule has 4 rings (SSSR count). The number of hydrogen-bond donors (Lipinski definition) is 0. The fourth-order valence-corrected chi connectivity index (χ4v) is 3.12. The van der Waals surface area contributed by atoms with Gasteiger partial charge in [-0.15, -0.1) is 0 Å². The molecule has 0 bridgehead atoms. The highest BCUT2D eigenvalue weighted by Gasteiger charge is 2.26. The highest BCUT2D eigenvalue weighted by Crippen LogP contribution is 2.38. The van der Waals surface area contributed by atoms with Gasteiger partial charge in [0.15, 0.2) is 17.6 Å². The second kappa shape index (κ2) is 5.78. The first-order valence-electron chi connectivity index (χ1n) is 7.57. The summed E-state index contributed by atoms with van der Waals surface area (Å²) in [5.41, 5.74) is 4.20. The molecule has 0 N–H and O–H groups in total. The van der Waals surface area contributed by atoms with E-state index in [-0.39, 0.29) is 6.10 Å². The minimum Gasteiger partial charge on any atom is -0.493 e. The first-order chi connectivity index (χ1) is 11.2. The maximum absolute atomic E-state index is 5.94. The minimum atomic E-state index is -0.0715. The molecule has 118 valence electrons. The number of benzene rings is 2. The Hall–Kier alpha value is -2.20. The smallest absolute Gasteiger partial charge is 0.164 e. The van der Waals surface area contributed by atoms with Crippen LogP contribution in [0.25, 0.3) is 0 Å². The van der Waals surface area contributed by atoms with Crippen LogP contribution in [0.4, 0.5) is 0 Å². The van der Waals surface area contributed by atoms with E-state index in [9.17, 15) is 0 Å². The minimum absolute atomic E-state index is 0.0715. The second-order valence-electron chi connectivity index (χ2n) is 5.65. The van der Waals surface area contributed by atoms with Crippen LogP contribution in [0.2, 0.25) is 5.02 Å². The number of halogens is 1. The number of rotatable bonds is 3. The van der Waals surface area contributed by atoms with E-state index in [1.165, 1.54) is 0 Å². The Morgan fingerprint density at radius 1 is 1.22 bits per heavy atom. The molecule has 0 saturated carbocycles. The van der Waals surface area contributed by atoms with Crippen molar-refractivity contribution in [1.82, 2.24) is 0 Å². The van der Waals surface area contributed by atoms with Gasteiger partial charge >= 0.3 is 0 Å². The van der Waals surface area contributed by atoms with E-state index in [0.29, 0.717) is 6.61 Å². The lowest BCUT2D eigenvalue weighted by atomic mass is 9.98. The quantitative estimate of drug-likeness (QED) is 0.849. The third kappa shape index (κ3) is 2.63. The predicted molar refractivity (Wildman–Crippen MR) is 88.6 cm³/mol. The lowest BCUT2D eigenvalue weighted by Crippen LogP contribution is -2.03. The van der Waals surface area contributed by atoms with Crippen LogP contribution >= 0.6 is 11.6 Å². The fourth-order valence-electron chi connectivity index (χ4n) is 2.99. The van der Waals surface area contributed by atoms with Crippen molar-refractivity contribution in [3.05, 3.63) is 58.1 Å². The van der Waals surface area contributed by atoms with Gasteiger partial charge in [0.2, 0.25) is 0 Å². The van der Waals surface area contributed by atoms with E-state index in [1.807, 2.05) is 30.3 Å². The van der Waals surface area contributed by atoms with Crippen LogP contribution in [-0.4, -0.2) is 19.4 Å². The molecule has 1 unspecified atom stereocenters. The molecule has 5 heteroatoms. The van der Waals surface area contributed by atoms with Gasteiger partial charge < -0.3 is 14.3 Å². The molecule has 0 radical (unpaired) electrons. The van der Waals surface area contributed by atoms with E-state index in [0.717, 1.165) is 51.8 Å². The van der Waals surface area contributed by atoms with Crippen LogP contribution in [0.15, 0.2) is 41.6 Å². The average Bonchev–Trinajstić information content (AvgIpc) is 3.23. The van der Waals surface area contributed by atoms with E-state index in [4.69, 9.17) is 25.9 Å². The normalized spacial score (nSPS) is 18.9. The summed E-state index contributed by atoms with van der Waals surface area (Å²) in [5.74, 6) is 1.61. The van der Waals surface area contributed by atoms with Crippen LogP contribution in [-0.2, 0) is 11.3 Å². The summed E-state index contributed by atoms with van der Waals surface area (Å²) in [6.07, 6.45) is 1.55. The monoisotopic (exact) mass is 329 g/mol. The summed E-state index contributed by atoms with van der Waals surface area (Å²) in [5, 5.41) is 4.99. The zero-order valence-corrected chi connectivity index (χ0v) is 13.5. The van der Waals surface area contributed by atoms with Gasteiger partial charge in [-0.3, -0.25) is 0 Å². The lowest BCUT2D eigenvalue weighted by Gasteiger charge is -2.10. The highest BCUT2D eigenvalue weighted by molar-refractivity contribution is 6.30.